The van der Waals surface area contributed by atoms with Crippen LogP contribution in [0.25, 0.3) is 0 Å². The van der Waals surface area contributed by atoms with Gasteiger partial charge in [-0.3, -0.25) is 0 Å². The highest BCUT2D eigenvalue weighted by molar-refractivity contribution is 7.10. The second kappa shape index (κ2) is 6.87. The summed E-state index contributed by atoms with van der Waals surface area (Å²) in [4.78, 5) is 14.3. The Morgan fingerprint density at radius 2 is 2.22 bits per heavy atom. The SMILES string of the molecule is O=C(O)c1csc(CNCCCN2CCCC2)c1. The number of carboxylic acid groups (broad SMARTS) is 1. The lowest BCUT2D eigenvalue weighted by Crippen LogP contribution is -2.24. The molecule has 2 rings (SSSR count). The van der Waals surface area contributed by atoms with Gasteiger partial charge in [0.05, 0.1) is 5.56 Å². The van der Waals surface area contributed by atoms with Gasteiger partial charge < -0.3 is 15.3 Å². The number of hydrogen-bond acceptors (Lipinski definition) is 4. The molecule has 1 aromatic rings. The molecule has 100 valence electrons. The molecule has 0 aliphatic carbocycles. The summed E-state index contributed by atoms with van der Waals surface area (Å²) >= 11 is 1.51. The predicted octanol–water partition coefficient (Wildman–Crippen LogP) is 2.02. The third-order valence-electron chi connectivity index (χ3n) is 3.23. The van der Waals surface area contributed by atoms with Crippen LogP contribution in [0.15, 0.2) is 11.4 Å². The lowest BCUT2D eigenvalue weighted by molar-refractivity contribution is 0.0697. The second-order valence-corrected chi connectivity index (χ2v) is 5.68. The zero-order valence-electron chi connectivity index (χ0n) is 10.5. The number of aromatic carboxylic acids is 1. The summed E-state index contributed by atoms with van der Waals surface area (Å²) < 4.78 is 0. The van der Waals surface area contributed by atoms with E-state index in [0.29, 0.717) is 5.56 Å². The molecule has 0 aromatic carbocycles. The Bertz CT molecular complexity index is 386. The maximum absolute atomic E-state index is 10.7. The van der Waals surface area contributed by atoms with E-state index in [-0.39, 0.29) is 0 Å². The fourth-order valence-electron chi connectivity index (χ4n) is 2.23. The molecule has 1 aliphatic heterocycles. The van der Waals surface area contributed by atoms with E-state index in [1.807, 2.05) is 0 Å². The fourth-order valence-corrected chi connectivity index (χ4v) is 3.06. The summed E-state index contributed by atoms with van der Waals surface area (Å²) in [6.07, 6.45) is 3.86. The van der Waals surface area contributed by atoms with Crippen molar-refractivity contribution in [2.45, 2.75) is 25.8 Å². The summed E-state index contributed by atoms with van der Waals surface area (Å²) in [5.74, 6) is -0.841. The standard InChI is InChI=1S/C13H20N2O2S/c16-13(17)11-8-12(18-10-11)9-14-4-3-7-15-5-1-2-6-15/h8,10,14H,1-7,9H2,(H,16,17). The summed E-state index contributed by atoms with van der Waals surface area (Å²) in [5.41, 5.74) is 0.397. The van der Waals surface area contributed by atoms with Crippen molar-refractivity contribution in [3.63, 3.8) is 0 Å². The molecule has 2 N–H and O–H groups in total. The molecule has 2 heterocycles. The number of likely N-dealkylation sites (tertiary alicyclic amines) is 1. The van der Waals surface area contributed by atoms with Gasteiger partial charge in [0.1, 0.15) is 0 Å². The minimum absolute atomic E-state index is 0.397. The van der Waals surface area contributed by atoms with E-state index >= 15 is 0 Å². The van der Waals surface area contributed by atoms with Crippen molar-refractivity contribution < 1.29 is 9.90 Å². The highest BCUT2D eigenvalue weighted by Gasteiger charge is 2.10. The van der Waals surface area contributed by atoms with Crippen LogP contribution in [0.5, 0.6) is 0 Å². The van der Waals surface area contributed by atoms with Gasteiger partial charge in [-0.25, -0.2) is 4.79 Å². The Labute approximate surface area is 112 Å². The molecule has 4 nitrogen and oxygen atoms in total. The van der Waals surface area contributed by atoms with Crippen LogP contribution in [-0.4, -0.2) is 42.2 Å². The van der Waals surface area contributed by atoms with Crippen LogP contribution in [0.1, 0.15) is 34.5 Å². The maximum atomic E-state index is 10.7. The summed E-state index contributed by atoms with van der Waals surface area (Å²) in [5, 5.41) is 13.9. The maximum Gasteiger partial charge on any atom is 0.336 e. The average molecular weight is 268 g/mol. The van der Waals surface area contributed by atoms with Crippen LogP contribution >= 0.6 is 11.3 Å². The molecule has 0 radical (unpaired) electrons. The van der Waals surface area contributed by atoms with E-state index in [4.69, 9.17) is 5.11 Å². The minimum Gasteiger partial charge on any atom is -0.478 e. The summed E-state index contributed by atoms with van der Waals surface area (Å²) in [7, 11) is 0. The molecule has 0 unspecified atom stereocenters. The molecule has 1 saturated heterocycles. The van der Waals surface area contributed by atoms with Crippen molar-refractivity contribution in [2.24, 2.45) is 0 Å². The van der Waals surface area contributed by atoms with Crippen LogP contribution in [0.4, 0.5) is 0 Å². The molecule has 5 heteroatoms. The van der Waals surface area contributed by atoms with Gasteiger partial charge in [-0.15, -0.1) is 11.3 Å². The van der Waals surface area contributed by atoms with Crippen molar-refractivity contribution in [3.05, 3.63) is 21.9 Å². The van der Waals surface area contributed by atoms with Crippen LogP contribution in [0, 0.1) is 0 Å². The Kier molecular flexibility index (Phi) is 5.16. The van der Waals surface area contributed by atoms with E-state index in [2.05, 4.69) is 10.2 Å². The molecule has 0 saturated carbocycles. The normalized spacial score (nSPS) is 16.2. The van der Waals surface area contributed by atoms with Crippen LogP contribution in [-0.2, 0) is 6.54 Å². The molecule has 0 bridgehead atoms. The fraction of sp³-hybridized carbons (Fsp3) is 0.615. The van der Waals surface area contributed by atoms with E-state index in [9.17, 15) is 4.79 Å². The lowest BCUT2D eigenvalue weighted by Gasteiger charge is -2.14. The third kappa shape index (κ3) is 4.08. The van der Waals surface area contributed by atoms with Gasteiger partial charge in [-0.1, -0.05) is 0 Å². The average Bonchev–Trinajstić information content (AvgIpc) is 2.98. The minimum atomic E-state index is -0.841. The molecule has 1 fully saturated rings. The van der Waals surface area contributed by atoms with Crippen LogP contribution < -0.4 is 5.32 Å². The second-order valence-electron chi connectivity index (χ2n) is 4.69. The monoisotopic (exact) mass is 268 g/mol. The molecule has 0 atom stereocenters. The topological polar surface area (TPSA) is 52.6 Å². The first-order chi connectivity index (χ1) is 8.75. The molecule has 0 spiro atoms. The quantitative estimate of drug-likeness (QED) is 0.743. The number of nitrogens with zero attached hydrogens (tertiary/aromatic N) is 1. The molecule has 1 aromatic heterocycles. The first kappa shape index (κ1) is 13.5. The van der Waals surface area contributed by atoms with Crippen molar-refractivity contribution in [3.8, 4) is 0 Å². The number of carbonyl (C=O) groups is 1. The van der Waals surface area contributed by atoms with Gasteiger partial charge in [0, 0.05) is 16.8 Å². The summed E-state index contributed by atoms with van der Waals surface area (Å²) in [6.45, 7) is 5.46. The molecular formula is C13H20N2O2S. The Hall–Kier alpha value is -0.910. The Morgan fingerprint density at radius 1 is 1.44 bits per heavy atom. The van der Waals surface area contributed by atoms with E-state index in [0.717, 1.165) is 24.4 Å². The third-order valence-corrected chi connectivity index (χ3v) is 4.16. The van der Waals surface area contributed by atoms with Crippen molar-refractivity contribution in [2.75, 3.05) is 26.2 Å². The van der Waals surface area contributed by atoms with Gasteiger partial charge in [0.2, 0.25) is 0 Å². The van der Waals surface area contributed by atoms with Crippen LogP contribution in [0.3, 0.4) is 0 Å². The van der Waals surface area contributed by atoms with Gasteiger partial charge >= 0.3 is 5.97 Å². The number of rotatable bonds is 7. The van der Waals surface area contributed by atoms with Gasteiger partial charge in [-0.2, -0.15) is 0 Å². The molecule has 1 aliphatic rings. The number of nitrogens with one attached hydrogen (secondary N) is 1. The zero-order valence-corrected chi connectivity index (χ0v) is 11.3. The van der Waals surface area contributed by atoms with Crippen molar-refractivity contribution in [1.82, 2.24) is 10.2 Å². The Morgan fingerprint density at radius 3 is 2.89 bits per heavy atom. The lowest BCUT2D eigenvalue weighted by atomic mass is 10.3. The highest BCUT2D eigenvalue weighted by atomic mass is 32.1. The smallest absolute Gasteiger partial charge is 0.336 e. The van der Waals surface area contributed by atoms with E-state index in [1.165, 1.54) is 43.8 Å². The van der Waals surface area contributed by atoms with E-state index < -0.39 is 5.97 Å². The van der Waals surface area contributed by atoms with Gasteiger partial charge in [0.25, 0.3) is 0 Å². The molecule has 18 heavy (non-hydrogen) atoms. The van der Waals surface area contributed by atoms with Gasteiger partial charge in [0.15, 0.2) is 0 Å². The van der Waals surface area contributed by atoms with Gasteiger partial charge in [-0.05, 0) is 51.5 Å². The predicted molar refractivity (Wildman–Crippen MR) is 73.3 cm³/mol. The van der Waals surface area contributed by atoms with Crippen molar-refractivity contribution in [1.29, 1.82) is 0 Å². The first-order valence-electron chi connectivity index (χ1n) is 6.49. The van der Waals surface area contributed by atoms with E-state index in [1.54, 1.807) is 11.4 Å². The number of hydrogen-bond donors (Lipinski definition) is 2. The number of carboxylic acids is 1. The number of thiophene rings is 1. The van der Waals surface area contributed by atoms with Crippen LogP contribution in [0.2, 0.25) is 0 Å². The van der Waals surface area contributed by atoms with Crippen molar-refractivity contribution >= 4 is 17.3 Å². The molecular weight excluding hydrogens is 248 g/mol. The largest absolute Gasteiger partial charge is 0.478 e. The zero-order chi connectivity index (χ0) is 12.8. The Balaban J connectivity index is 1.58. The highest BCUT2D eigenvalue weighted by Crippen LogP contribution is 2.14. The molecule has 0 amide bonds. The first-order valence-corrected chi connectivity index (χ1v) is 7.37. The summed E-state index contributed by atoms with van der Waals surface area (Å²) in [6, 6.07) is 1.75.